The zero-order chi connectivity index (χ0) is 18.1. The minimum atomic E-state index is -2.14. The first-order valence-corrected chi connectivity index (χ1v) is 8.19. The Balaban J connectivity index is 1.93. The van der Waals surface area contributed by atoms with Gasteiger partial charge in [0.25, 0.3) is 0 Å². The summed E-state index contributed by atoms with van der Waals surface area (Å²) in [5.41, 5.74) is 0.887. The van der Waals surface area contributed by atoms with E-state index in [2.05, 4.69) is 0 Å². The van der Waals surface area contributed by atoms with Gasteiger partial charge < -0.3 is 14.6 Å². The molecule has 1 aromatic heterocycles. The highest BCUT2D eigenvalue weighted by molar-refractivity contribution is 5.95. The maximum Gasteiger partial charge on any atom is 0.345 e. The molecule has 0 saturated heterocycles. The molecule has 0 fully saturated rings. The smallest absolute Gasteiger partial charge is 0.345 e. The molecule has 128 valence electrons. The number of carboxylic acids is 1. The Kier molecular flexibility index (Phi) is 3.82. The summed E-state index contributed by atoms with van der Waals surface area (Å²) in [7, 11) is 0. The number of aliphatic hydroxyl groups is 1. The van der Waals surface area contributed by atoms with Crippen LogP contribution in [0.15, 0.2) is 89.5 Å². The van der Waals surface area contributed by atoms with Gasteiger partial charge in [-0.25, -0.2) is 4.79 Å². The van der Waals surface area contributed by atoms with Gasteiger partial charge in [0.1, 0.15) is 5.58 Å². The average Bonchev–Trinajstić information content (AvgIpc) is 3.11. The van der Waals surface area contributed by atoms with Crippen LogP contribution in [0.5, 0.6) is 0 Å². The molecule has 0 aliphatic rings. The van der Waals surface area contributed by atoms with Crippen LogP contribution in [-0.2, 0) is 10.4 Å². The quantitative estimate of drug-likeness (QED) is 0.575. The highest BCUT2D eigenvalue weighted by atomic mass is 16.4. The van der Waals surface area contributed by atoms with E-state index in [1.165, 1.54) is 0 Å². The van der Waals surface area contributed by atoms with Gasteiger partial charge >= 0.3 is 5.97 Å². The van der Waals surface area contributed by atoms with Gasteiger partial charge in [0, 0.05) is 16.5 Å². The van der Waals surface area contributed by atoms with Crippen molar-refractivity contribution in [1.29, 1.82) is 0 Å². The monoisotopic (exact) mass is 344 g/mol. The summed E-state index contributed by atoms with van der Waals surface area (Å²) in [5.74, 6) is -1.33. The van der Waals surface area contributed by atoms with Crippen molar-refractivity contribution in [2.75, 3.05) is 0 Å². The predicted molar refractivity (Wildman–Crippen MR) is 98.7 cm³/mol. The fraction of sp³-hybridized carbons (Fsp3) is 0.0455. The first-order chi connectivity index (χ1) is 12.6. The molecule has 0 aliphatic carbocycles. The number of aliphatic carboxylic acids is 1. The second-order valence-electron chi connectivity index (χ2n) is 6.11. The van der Waals surface area contributed by atoms with Crippen LogP contribution < -0.4 is 0 Å². The number of carboxylic acid groups (broad SMARTS) is 1. The van der Waals surface area contributed by atoms with Crippen molar-refractivity contribution < 1.29 is 19.4 Å². The Hall–Kier alpha value is -3.37. The standard InChI is InChI=1S/C22H16O4/c23-21(24)22(25,16-9-5-2-6-10-16)17-11-12-20-18(13-17)19(14-26-20)15-7-3-1-4-8-15/h1-14,25H,(H,23,24). The Morgan fingerprint density at radius 2 is 1.50 bits per heavy atom. The van der Waals surface area contributed by atoms with E-state index in [9.17, 15) is 15.0 Å². The maximum absolute atomic E-state index is 12.0. The van der Waals surface area contributed by atoms with Crippen molar-refractivity contribution in [3.05, 3.63) is 96.3 Å². The van der Waals surface area contributed by atoms with Crippen LogP contribution >= 0.6 is 0 Å². The molecule has 3 aromatic carbocycles. The SMILES string of the molecule is O=C(O)C(O)(c1ccccc1)c1ccc2occ(-c3ccccc3)c2c1. The van der Waals surface area contributed by atoms with Gasteiger partial charge in [-0.2, -0.15) is 0 Å². The lowest BCUT2D eigenvalue weighted by atomic mass is 9.85. The van der Waals surface area contributed by atoms with E-state index in [1.54, 1.807) is 54.8 Å². The molecule has 0 bridgehead atoms. The third kappa shape index (κ3) is 2.48. The third-order valence-electron chi connectivity index (χ3n) is 4.58. The van der Waals surface area contributed by atoms with Crippen LogP contribution in [-0.4, -0.2) is 16.2 Å². The molecule has 4 aromatic rings. The summed E-state index contributed by atoms with van der Waals surface area (Å²) in [4.78, 5) is 12.0. The van der Waals surface area contributed by atoms with Crippen molar-refractivity contribution >= 4 is 16.9 Å². The van der Waals surface area contributed by atoms with E-state index >= 15 is 0 Å². The van der Waals surface area contributed by atoms with Crippen LogP contribution in [0.4, 0.5) is 0 Å². The topological polar surface area (TPSA) is 70.7 Å². The zero-order valence-corrected chi connectivity index (χ0v) is 13.8. The summed E-state index contributed by atoms with van der Waals surface area (Å²) in [6.07, 6.45) is 1.64. The molecule has 4 nitrogen and oxygen atoms in total. The largest absolute Gasteiger partial charge is 0.479 e. The third-order valence-corrected chi connectivity index (χ3v) is 4.58. The van der Waals surface area contributed by atoms with Crippen LogP contribution in [0.3, 0.4) is 0 Å². The maximum atomic E-state index is 12.0. The average molecular weight is 344 g/mol. The number of hydrogen-bond donors (Lipinski definition) is 2. The van der Waals surface area contributed by atoms with E-state index in [-0.39, 0.29) is 5.56 Å². The van der Waals surface area contributed by atoms with Gasteiger partial charge in [-0.05, 0) is 23.3 Å². The number of benzene rings is 3. The molecule has 0 amide bonds. The normalized spacial score (nSPS) is 13.4. The molecular formula is C22H16O4. The number of furan rings is 1. The lowest BCUT2D eigenvalue weighted by Crippen LogP contribution is -2.36. The van der Waals surface area contributed by atoms with Gasteiger partial charge in [-0.15, -0.1) is 0 Å². The Bertz CT molecular complexity index is 1070. The van der Waals surface area contributed by atoms with Crippen molar-refractivity contribution in [2.45, 2.75) is 5.60 Å². The number of rotatable bonds is 4. The minimum absolute atomic E-state index is 0.280. The Labute approximate surface area is 150 Å². The molecule has 4 heteroatoms. The van der Waals surface area contributed by atoms with Crippen molar-refractivity contribution in [3.63, 3.8) is 0 Å². The molecule has 26 heavy (non-hydrogen) atoms. The van der Waals surface area contributed by atoms with Crippen molar-refractivity contribution in [3.8, 4) is 11.1 Å². The number of hydrogen-bond acceptors (Lipinski definition) is 3. The van der Waals surface area contributed by atoms with Crippen LogP contribution in [0.25, 0.3) is 22.1 Å². The highest BCUT2D eigenvalue weighted by Gasteiger charge is 2.40. The van der Waals surface area contributed by atoms with Gasteiger partial charge in [0.2, 0.25) is 5.60 Å². The lowest BCUT2D eigenvalue weighted by Gasteiger charge is -2.24. The summed E-state index contributed by atoms with van der Waals surface area (Å²) in [5, 5.41) is 21.6. The van der Waals surface area contributed by atoms with Gasteiger partial charge in [0.05, 0.1) is 6.26 Å². The summed E-state index contributed by atoms with van der Waals surface area (Å²) in [6, 6.07) is 23.0. The van der Waals surface area contributed by atoms with E-state index < -0.39 is 11.6 Å². The fourth-order valence-corrected chi connectivity index (χ4v) is 3.19. The Morgan fingerprint density at radius 3 is 2.15 bits per heavy atom. The molecule has 1 unspecified atom stereocenters. The van der Waals surface area contributed by atoms with Crippen molar-refractivity contribution in [2.24, 2.45) is 0 Å². The van der Waals surface area contributed by atoms with E-state index in [0.717, 1.165) is 16.5 Å². The van der Waals surface area contributed by atoms with Crippen molar-refractivity contribution in [1.82, 2.24) is 0 Å². The summed E-state index contributed by atoms with van der Waals surface area (Å²) < 4.78 is 5.61. The molecule has 0 aliphatic heterocycles. The predicted octanol–water partition coefficient (Wildman–Crippen LogP) is 4.42. The second kappa shape index (κ2) is 6.17. The molecular weight excluding hydrogens is 328 g/mol. The fourth-order valence-electron chi connectivity index (χ4n) is 3.19. The minimum Gasteiger partial charge on any atom is -0.479 e. The van der Waals surface area contributed by atoms with E-state index in [0.29, 0.717) is 11.1 Å². The van der Waals surface area contributed by atoms with Gasteiger partial charge in [-0.1, -0.05) is 66.7 Å². The zero-order valence-electron chi connectivity index (χ0n) is 13.8. The molecule has 0 radical (unpaired) electrons. The summed E-state index contributed by atoms with van der Waals surface area (Å²) in [6.45, 7) is 0. The number of carbonyl (C=O) groups is 1. The van der Waals surface area contributed by atoms with Crippen LogP contribution in [0.2, 0.25) is 0 Å². The first kappa shape index (κ1) is 16.1. The molecule has 4 rings (SSSR count). The lowest BCUT2D eigenvalue weighted by molar-refractivity contribution is -0.155. The van der Waals surface area contributed by atoms with Crippen LogP contribution in [0.1, 0.15) is 11.1 Å². The summed E-state index contributed by atoms with van der Waals surface area (Å²) >= 11 is 0. The number of fused-ring (bicyclic) bond motifs is 1. The van der Waals surface area contributed by atoms with E-state index in [4.69, 9.17) is 4.42 Å². The van der Waals surface area contributed by atoms with Gasteiger partial charge in [0.15, 0.2) is 0 Å². The first-order valence-electron chi connectivity index (χ1n) is 8.19. The second-order valence-corrected chi connectivity index (χ2v) is 6.11. The molecule has 2 N–H and O–H groups in total. The van der Waals surface area contributed by atoms with E-state index in [1.807, 2.05) is 30.3 Å². The highest BCUT2D eigenvalue weighted by Crippen LogP contribution is 2.36. The van der Waals surface area contributed by atoms with Gasteiger partial charge in [-0.3, -0.25) is 0 Å². The molecule has 0 saturated carbocycles. The molecule has 1 atom stereocenters. The van der Waals surface area contributed by atoms with Crippen LogP contribution in [0, 0.1) is 0 Å². The molecule has 0 spiro atoms. The Morgan fingerprint density at radius 1 is 0.846 bits per heavy atom. The molecule has 1 heterocycles.